The van der Waals surface area contributed by atoms with E-state index in [4.69, 9.17) is 5.11 Å². The molecule has 4 heteroatoms. The molecule has 0 radical (unpaired) electrons. The molecule has 0 unspecified atom stereocenters. The quantitative estimate of drug-likeness (QED) is 0.627. The summed E-state index contributed by atoms with van der Waals surface area (Å²) in [5.41, 5.74) is 0.841. The minimum Gasteiger partial charge on any atom is -0.480 e. The molecule has 2 heterocycles. The highest BCUT2D eigenvalue weighted by molar-refractivity contribution is 5.75. The smallest absolute Gasteiger partial charge is 0.326 e. The highest BCUT2D eigenvalue weighted by Crippen LogP contribution is 2.17. The third-order valence-corrected chi connectivity index (χ3v) is 2.11. The molecule has 0 saturated heterocycles. The van der Waals surface area contributed by atoms with Gasteiger partial charge in [0.15, 0.2) is 0 Å². The number of hydrogen-bond donors (Lipinski definition) is 2. The number of hydrogen-bond acceptors (Lipinski definition) is 2. The van der Waals surface area contributed by atoms with Gasteiger partial charge in [0.25, 0.3) is 0 Å². The van der Waals surface area contributed by atoms with Crippen LogP contribution in [0.2, 0.25) is 0 Å². The van der Waals surface area contributed by atoms with E-state index in [1.54, 1.807) is 0 Å². The van der Waals surface area contributed by atoms with Crippen molar-refractivity contribution in [3.8, 4) is 0 Å². The van der Waals surface area contributed by atoms with Crippen molar-refractivity contribution in [3.05, 3.63) is 24.0 Å². The molecular weight excluding hydrogens is 156 g/mol. The summed E-state index contributed by atoms with van der Waals surface area (Å²) in [6.07, 6.45) is 1.91. The van der Waals surface area contributed by atoms with Gasteiger partial charge in [0.1, 0.15) is 6.04 Å². The summed E-state index contributed by atoms with van der Waals surface area (Å²) in [6, 6.07) is 3.18. The van der Waals surface area contributed by atoms with Gasteiger partial charge in [0.05, 0.1) is 0 Å². The number of aromatic nitrogens is 1. The van der Waals surface area contributed by atoms with Crippen molar-refractivity contribution in [3.63, 3.8) is 0 Å². The van der Waals surface area contributed by atoms with Crippen LogP contribution in [0.3, 0.4) is 0 Å². The molecule has 12 heavy (non-hydrogen) atoms. The summed E-state index contributed by atoms with van der Waals surface area (Å²) >= 11 is 0. The highest BCUT2D eigenvalue weighted by Gasteiger charge is 2.24. The zero-order chi connectivity index (χ0) is 8.55. The van der Waals surface area contributed by atoms with Gasteiger partial charge in [-0.3, -0.25) is 10.1 Å². The molecule has 1 atom stereocenters. The Morgan fingerprint density at radius 3 is 3.33 bits per heavy atom. The highest BCUT2D eigenvalue weighted by atomic mass is 16.4. The van der Waals surface area contributed by atoms with Crippen LogP contribution in [0, 0.1) is 0 Å². The maximum absolute atomic E-state index is 10.7. The first-order chi connectivity index (χ1) is 5.79. The molecule has 0 saturated carbocycles. The fourth-order valence-corrected chi connectivity index (χ4v) is 1.54. The fourth-order valence-electron chi connectivity index (χ4n) is 1.54. The minimum atomic E-state index is -0.811. The third kappa shape index (κ3) is 1.00. The summed E-state index contributed by atoms with van der Waals surface area (Å²) in [6.45, 7) is 1.57. The topological polar surface area (TPSA) is 54.3 Å². The molecule has 0 aliphatic carbocycles. The number of nitrogens with zero attached hydrogens (tertiary/aromatic N) is 1. The Kier molecular flexibility index (Phi) is 1.62. The van der Waals surface area contributed by atoms with Crippen LogP contribution < -0.4 is 5.32 Å². The monoisotopic (exact) mass is 166 g/mol. The molecule has 0 amide bonds. The Balaban J connectivity index is 2.37. The Bertz CT molecular complexity index is 306. The average molecular weight is 166 g/mol. The maximum Gasteiger partial charge on any atom is 0.326 e. The minimum absolute atomic E-state index is 0.534. The van der Waals surface area contributed by atoms with Crippen LogP contribution in [-0.2, 0) is 11.3 Å². The first kappa shape index (κ1) is 7.36. The second-order valence-corrected chi connectivity index (χ2v) is 2.85. The first-order valence-electron chi connectivity index (χ1n) is 3.90. The lowest BCUT2D eigenvalue weighted by molar-refractivity contribution is -0.140. The number of carboxylic acid groups (broad SMARTS) is 1. The third-order valence-electron chi connectivity index (χ3n) is 2.11. The predicted molar refractivity (Wildman–Crippen MR) is 42.8 cm³/mol. The summed E-state index contributed by atoms with van der Waals surface area (Å²) < 4.78 is 1.97. The van der Waals surface area contributed by atoms with Crippen molar-refractivity contribution in [1.29, 1.82) is 0 Å². The molecule has 1 aliphatic rings. The summed E-state index contributed by atoms with van der Waals surface area (Å²) in [5.74, 6) is -0.811. The molecule has 0 spiro atoms. The molecule has 1 aromatic heterocycles. The van der Waals surface area contributed by atoms with E-state index in [9.17, 15) is 4.79 Å². The van der Waals surface area contributed by atoms with E-state index < -0.39 is 12.0 Å². The first-order valence-corrected chi connectivity index (χ1v) is 3.90. The summed E-state index contributed by atoms with van der Waals surface area (Å²) in [4.78, 5) is 10.7. The largest absolute Gasteiger partial charge is 0.480 e. The van der Waals surface area contributed by atoms with Gasteiger partial charge in [-0.05, 0) is 12.1 Å². The molecule has 64 valence electrons. The molecular formula is C8H10N2O2. The van der Waals surface area contributed by atoms with Crippen LogP contribution >= 0.6 is 0 Å². The van der Waals surface area contributed by atoms with Crippen molar-refractivity contribution >= 4 is 5.97 Å². The predicted octanol–water partition coefficient (Wildman–Crippen LogP) is 0.217. The van der Waals surface area contributed by atoms with Crippen LogP contribution in [0.25, 0.3) is 0 Å². The van der Waals surface area contributed by atoms with Crippen LogP contribution in [0.15, 0.2) is 18.3 Å². The lowest BCUT2D eigenvalue weighted by Gasteiger charge is -2.22. The van der Waals surface area contributed by atoms with E-state index >= 15 is 0 Å². The van der Waals surface area contributed by atoms with Crippen molar-refractivity contribution in [1.82, 2.24) is 9.88 Å². The van der Waals surface area contributed by atoms with Crippen molar-refractivity contribution in [2.75, 3.05) is 6.54 Å². The average Bonchev–Trinajstić information content (AvgIpc) is 2.49. The molecule has 1 aromatic rings. The molecule has 0 fully saturated rings. The lowest BCUT2D eigenvalue weighted by atomic mass is 10.2. The molecule has 2 N–H and O–H groups in total. The van der Waals surface area contributed by atoms with E-state index in [1.165, 1.54) is 0 Å². The maximum atomic E-state index is 10.7. The van der Waals surface area contributed by atoms with Gasteiger partial charge in [-0.25, -0.2) is 0 Å². The number of nitrogens with one attached hydrogen (secondary N) is 1. The lowest BCUT2D eigenvalue weighted by Crippen LogP contribution is -2.37. The van der Waals surface area contributed by atoms with E-state index in [0.717, 1.165) is 18.8 Å². The Labute approximate surface area is 69.8 Å². The Morgan fingerprint density at radius 1 is 1.75 bits per heavy atom. The Morgan fingerprint density at radius 2 is 2.58 bits per heavy atom. The van der Waals surface area contributed by atoms with Gasteiger partial charge in [-0.2, -0.15) is 0 Å². The van der Waals surface area contributed by atoms with E-state index in [-0.39, 0.29) is 0 Å². The number of rotatable bonds is 1. The van der Waals surface area contributed by atoms with Gasteiger partial charge in [0.2, 0.25) is 0 Å². The van der Waals surface area contributed by atoms with Crippen molar-refractivity contribution < 1.29 is 9.90 Å². The summed E-state index contributed by atoms with van der Waals surface area (Å²) in [7, 11) is 0. The van der Waals surface area contributed by atoms with Crippen molar-refractivity contribution in [2.45, 2.75) is 12.6 Å². The van der Waals surface area contributed by atoms with Gasteiger partial charge >= 0.3 is 5.97 Å². The molecule has 0 bridgehead atoms. The zero-order valence-electron chi connectivity index (χ0n) is 6.53. The van der Waals surface area contributed by atoms with Gasteiger partial charge in [-0.1, -0.05) is 0 Å². The zero-order valence-corrected chi connectivity index (χ0v) is 6.53. The number of carbonyl (C=O) groups is 1. The SMILES string of the molecule is O=C(O)[C@H]1NCCn2cccc21. The van der Waals surface area contributed by atoms with Crippen LogP contribution in [-0.4, -0.2) is 22.2 Å². The van der Waals surface area contributed by atoms with Gasteiger partial charge in [0, 0.05) is 25.0 Å². The van der Waals surface area contributed by atoms with E-state index in [2.05, 4.69) is 5.32 Å². The van der Waals surface area contributed by atoms with Crippen LogP contribution in [0.4, 0.5) is 0 Å². The van der Waals surface area contributed by atoms with Crippen molar-refractivity contribution in [2.24, 2.45) is 0 Å². The van der Waals surface area contributed by atoms with Crippen LogP contribution in [0.5, 0.6) is 0 Å². The molecule has 4 nitrogen and oxygen atoms in total. The Hall–Kier alpha value is -1.29. The standard InChI is InChI=1S/C8H10N2O2/c11-8(12)7-6-2-1-4-10(6)5-3-9-7/h1-2,4,7,9H,3,5H2,(H,11,12)/t7-/m0/s1. The second kappa shape index (κ2) is 2.64. The number of carboxylic acids is 1. The fraction of sp³-hybridized carbons (Fsp3) is 0.375. The van der Waals surface area contributed by atoms with Crippen LogP contribution in [0.1, 0.15) is 11.7 Å². The normalized spacial score (nSPS) is 21.8. The van der Waals surface area contributed by atoms with Gasteiger partial charge < -0.3 is 9.67 Å². The van der Waals surface area contributed by atoms with E-state index in [1.807, 2.05) is 22.9 Å². The number of aliphatic carboxylic acids is 1. The molecule has 0 aromatic carbocycles. The molecule has 1 aliphatic heterocycles. The number of fused-ring (bicyclic) bond motifs is 1. The van der Waals surface area contributed by atoms with E-state index in [0.29, 0.717) is 0 Å². The molecule has 2 rings (SSSR count). The van der Waals surface area contributed by atoms with Gasteiger partial charge in [-0.15, -0.1) is 0 Å². The summed E-state index contributed by atoms with van der Waals surface area (Å²) in [5, 5.41) is 11.8. The second-order valence-electron chi connectivity index (χ2n) is 2.85.